The van der Waals surface area contributed by atoms with E-state index in [-0.39, 0.29) is 0 Å². The summed E-state index contributed by atoms with van der Waals surface area (Å²) >= 11 is 12.1. The Morgan fingerprint density at radius 3 is 2.50 bits per heavy atom. The van der Waals surface area contributed by atoms with Gasteiger partial charge in [-0.05, 0) is 35.4 Å². The molecule has 0 saturated heterocycles. The number of hydrogen-bond donors (Lipinski definition) is 0. The second-order valence-electron chi connectivity index (χ2n) is 4.42. The minimum atomic E-state index is 0.640. The zero-order valence-corrected chi connectivity index (χ0v) is 12.1. The quantitative estimate of drug-likeness (QED) is 0.590. The number of benzene rings is 2. The molecule has 0 unspecified atom stereocenters. The Morgan fingerprint density at radius 1 is 0.850 bits per heavy atom. The zero-order valence-electron chi connectivity index (χ0n) is 10.6. The molecular weight excluding hydrogens is 289 g/mol. The van der Waals surface area contributed by atoms with Crippen molar-refractivity contribution in [3.8, 4) is 0 Å². The van der Waals surface area contributed by atoms with Crippen molar-refractivity contribution in [1.29, 1.82) is 0 Å². The molecule has 3 aromatic rings. The van der Waals surface area contributed by atoms with E-state index >= 15 is 0 Å². The van der Waals surface area contributed by atoms with Crippen molar-refractivity contribution in [3.05, 3.63) is 75.9 Å². The fraction of sp³-hybridized carbons (Fsp3) is 0. The molecule has 0 saturated carbocycles. The minimum absolute atomic E-state index is 0.640. The van der Waals surface area contributed by atoms with Crippen LogP contribution < -0.4 is 0 Å². The average Bonchev–Trinajstić information content (AvgIpc) is 2.46. The predicted molar refractivity (Wildman–Crippen MR) is 87.1 cm³/mol. The first kappa shape index (κ1) is 13.2. The van der Waals surface area contributed by atoms with Gasteiger partial charge in [0.15, 0.2) is 0 Å². The first-order valence-corrected chi connectivity index (χ1v) is 6.96. The summed E-state index contributed by atoms with van der Waals surface area (Å²) in [6, 6.07) is 15.5. The molecule has 0 N–H and O–H groups in total. The fourth-order valence-corrected chi connectivity index (χ4v) is 2.55. The molecule has 3 heteroatoms. The first-order valence-electron chi connectivity index (χ1n) is 6.21. The molecule has 98 valence electrons. The van der Waals surface area contributed by atoms with Crippen LogP contribution in [0.1, 0.15) is 11.1 Å². The summed E-state index contributed by atoms with van der Waals surface area (Å²) in [6.45, 7) is 0. The number of fused-ring (bicyclic) bond motifs is 1. The van der Waals surface area contributed by atoms with Crippen LogP contribution >= 0.6 is 23.2 Å². The number of pyridine rings is 1. The molecule has 0 fully saturated rings. The van der Waals surface area contributed by atoms with Gasteiger partial charge >= 0.3 is 0 Å². The van der Waals surface area contributed by atoms with Crippen LogP contribution in [0, 0.1) is 0 Å². The van der Waals surface area contributed by atoms with Crippen LogP contribution in [-0.2, 0) is 0 Å². The number of rotatable bonds is 2. The summed E-state index contributed by atoms with van der Waals surface area (Å²) in [6.07, 6.45) is 5.84. The molecule has 1 aromatic heterocycles. The molecule has 0 atom stereocenters. The molecule has 3 rings (SSSR count). The minimum Gasteiger partial charge on any atom is -0.256 e. The van der Waals surface area contributed by atoms with E-state index in [2.05, 4.69) is 11.1 Å². The molecule has 1 nitrogen and oxygen atoms in total. The molecule has 0 bridgehead atoms. The Labute approximate surface area is 127 Å². The third-order valence-corrected chi connectivity index (χ3v) is 3.65. The lowest BCUT2D eigenvalue weighted by molar-refractivity contribution is 1.41. The summed E-state index contributed by atoms with van der Waals surface area (Å²) in [7, 11) is 0. The highest BCUT2D eigenvalue weighted by atomic mass is 35.5. The number of halogens is 2. The molecule has 0 amide bonds. The topological polar surface area (TPSA) is 12.9 Å². The maximum absolute atomic E-state index is 6.17. The van der Waals surface area contributed by atoms with Crippen LogP contribution in [0.4, 0.5) is 0 Å². The van der Waals surface area contributed by atoms with E-state index in [9.17, 15) is 0 Å². The lowest BCUT2D eigenvalue weighted by atomic mass is 10.1. The molecule has 0 radical (unpaired) electrons. The number of para-hydroxylation sites is 1. The van der Waals surface area contributed by atoms with Crippen molar-refractivity contribution in [2.45, 2.75) is 0 Å². The van der Waals surface area contributed by atoms with Gasteiger partial charge in [-0.1, -0.05) is 59.6 Å². The van der Waals surface area contributed by atoms with Crippen LogP contribution in [0.3, 0.4) is 0 Å². The van der Waals surface area contributed by atoms with Gasteiger partial charge in [0.1, 0.15) is 0 Å². The maximum Gasteiger partial charge on any atom is 0.0707 e. The zero-order chi connectivity index (χ0) is 13.9. The highest BCUT2D eigenvalue weighted by molar-refractivity contribution is 6.35. The van der Waals surface area contributed by atoms with Crippen molar-refractivity contribution >= 4 is 46.3 Å². The lowest BCUT2D eigenvalue weighted by Crippen LogP contribution is -1.82. The summed E-state index contributed by atoms with van der Waals surface area (Å²) in [5.74, 6) is 0. The van der Waals surface area contributed by atoms with Gasteiger partial charge in [-0.25, -0.2) is 0 Å². The molecule has 0 aliphatic carbocycles. The fourth-order valence-electron chi connectivity index (χ4n) is 2.08. The summed E-state index contributed by atoms with van der Waals surface area (Å²) in [4.78, 5) is 4.35. The van der Waals surface area contributed by atoms with Gasteiger partial charge in [-0.3, -0.25) is 4.98 Å². The molecule has 0 aliphatic heterocycles. The Morgan fingerprint density at radius 2 is 1.65 bits per heavy atom. The summed E-state index contributed by atoms with van der Waals surface area (Å²) in [5, 5.41) is 2.41. The smallest absolute Gasteiger partial charge is 0.0707 e. The number of nitrogens with zero attached hydrogens (tertiary/aromatic N) is 1. The lowest BCUT2D eigenvalue weighted by Gasteiger charge is -2.02. The maximum atomic E-state index is 6.17. The molecule has 0 spiro atoms. The Balaban J connectivity index is 2.02. The Bertz CT molecular complexity index is 789. The molecule has 20 heavy (non-hydrogen) atoms. The predicted octanol–water partition coefficient (Wildman–Crippen LogP) is 5.71. The van der Waals surface area contributed by atoms with Crippen LogP contribution in [0.15, 0.2) is 54.7 Å². The number of hydrogen-bond acceptors (Lipinski definition) is 1. The highest BCUT2D eigenvalue weighted by Gasteiger charge is 2.00. The van der Waals surface area contributed by atoms with Crippen LogP contribution in [-0.4, -0.2) is 4.98 Å². The summed E-state index contributed by atoms with van der Waals surface area (Å²) in [5.41, 5.74) is 3.04. The van der Waals surface area contributed by atoms with Crippen molar-refractivity contribution in [3.63, 3.8) is 0 Å². The van der Waals surface area contributed by atoms with E-state index < -0.39 is 0 Å². The van der Waals surface area contributed by atoms with Gasteiger partial charge < -0.3 is 0 Å². The van der Waals surface area contributed by atoms with Crippen LogP contribution in [0.2, 0.25) is 10.0 Å². The van der Waals surface area contributed by atoms with E-state index in [1.54, 1.807) is 6.07 Å². The van der Waals surface area contributed by atoms with Gasteiger partial charge in [-0.2, -0.15) is 0 Å². The number of aromatic nitrogens is 1. The third-order valence-electron chi connectivity index (χ3n) is 3.09. The van der Waals surface area contributed by atoms with Crippen molar-refractivity contribution in [2.24, 2.45) is 0 Å². The monoisotopic (exact) mass is 299 g/mol. The van der Waals surface area contributed by atoms with Crippen LogP contribution in [0.5, 0.6) is 0 Å². The Hall–Kier alpha value is -1.83. The second-order valence-corrected chi connectivity index (χ2v) is 5.26. The van der Waals surface area contributed by atoms with E-state index in [0.717, 1.165) is 22.0 Å². The van der Waals surface area contributed by atoms with Gasteiger partial charge in [0, 0.05) is 21.6 Å². The van der Waals surface area contributed by atoms with Gasteiger partial charge in [0.25, 0.3) is 0 Å². The van der Waals surface area contributed by atoms with Crippen molar-refractivity contribution in [2.75, 3.05) is 0 Å². The molecule has 1 heterocycles. The largest absolute Gasteiger partial charge is 0.256 e. The van der Waals surface area contributed by atoms with E-state index in [0.29, 0.717) is 10.0 Å². The van der Waals surface area contributed by atoms with Gasteiger partial charge in [-0.15, -0.1) is 0 Å². The molecule has 2 aromatic carbocycles. The van der Waals surface area contributed by atoms with Crippen molar-refractivity contribution < 1.29 is 0 Å². The van der Waals surface area contributed by atoms with Gasteiger partial charge in [0.05, 0.1) is 5.52 Å². The standard InChI is InChI=1S/C17H11Cl2N/c18-14-8-7-13(16(19)11-14)6-5-12-9-10-20-17-4-2-1-3-15(12)17/h1-11H. The average molecular weight is 300 g/mol. The van der Waals surface area contributed by atoms with E-state index in [1.807, 2.05) is 54.7 Å². The van der Waals surface area contributed by atoms with Crippen LogP contribution in [0.25, 0.3) is 23.1 Å². The second kappa shape index (κ2) is 5.66. The van der Waals surface area contributed by atoms with Crippen molar-refractivity contribution in [1.82, 2.24) is 4.98 Å². The molecular formula is C17H11Cl2N. The SMILES string of the molecule is Clc1ccc(C=Cc2ccnc3ccccc23)c(Cl)c1. The first-order chi connectivity index (χ1) is 9.74. The summed E-state index contributed by atoms with van der Waals surface area (Å²) < 4.78 is 0. The highest BCUT2D eigenvalue weighted by Crippen LogP contribution is 2.24. The van der Waals surface area contributed by atoms with E-state index in [4.69, 9.17) is 23.2 Å². The van der Waals surface area contributed by atoms with Gasteiger partial charge in [0.2, 0.25) is 0 Å². The third kappa shape index (κ3) is 2.69. The van der Waals surface area contributed by atoms with E-state index in [1.165, 1.54) is 0 Å². The normalized spacial score (nSPS) is 11.3. The molecule has 0 aliphatic rings. The Kier molecular flexibility index (Phi) is 3.72.